The Labute approximate surface area is 193 Å². The molecule has 0 saturated heterocycles. The van der Waals surface area contributed by atoms with E-state index in [2.05, 4.69) is 101 Å². The fraction of sp³-hybridized carbons (Fsp3) is 0.0333. The van der Waals surface area contributed by atoms with E-state index in [4.69, 9.17) is 9.41 Å². The molecule has 0 fully saturated rings. The zero-order valence-corrected chi connectivity index (χ0v) is 18.0. The highest BCUT2D eigenvalue weighted by Crippen LogP contribution is 2.47. The predicted octanol–water partition coefficient (Wildman–Crippen LogP) is 7.73. The lowest BCUT2D eigenvalue weighted by Crippen LogP contribution is -2.29. The summed E-state index contributed by atoms with van der Waals surface area (Å²) in [6.45, 7) is 0. The standard InChI is InChI=1S/C30H17N3O/c1-2-7-17-16(6-1)12-13-25-27(17)21-14-20-18-8-5-9-19-28-30(32-23-11-4-3-10-22(23)31-28)33(29(18)19)24(20)15-26(21)34-25/h1-15,22,31H. The lowest BCUT2D eigenvalue weighted by Gasteiger charge is -2.23. The van der Waals surface area contributed by atoms with Crippen LogP contribution in [0.4, 0.5) is 11.5 Å². The van der Waals surface area contributed by atoms with Gasteiger partial charge in [-0.3, -0.25) is 4.40 Å². The van der Waals surface area contributed by atoms with Crippen LogP contribution < -0.4 is 5.32 Å². The normalized spacial score (nSPS) is 17.3. The number of para-hydroxylation sites is 1. The molecule has 0 amide bonds. The first-order valence-electron chi connectivity index (χ1n) is 11.6. The fourth-order valence-corrected chi connectivity index (χ4v) is 6.05. The lowest BCUT2D eigenvalue weighted by atomic mass is 10.0. The van der Waals surface area contributed by atoms with Crippen molar-refractivity contribution in [3.05, 3.63) is 91.0 Å². The molecule has 1 atom stereocenters. The van der Waals surface area contributed by atoms with Crippen LogP contribution in [-0.4, -0.2) is 16.2 Å². The Balaban J connectivity index is 1.47. The van der Waals surface area contributed by atoms with Crippen LogP contribution in [0.5, 0.6) is 0 Å². The average Bonchev–Trinajstić information content (AvgIpc) is 3.52. The summed E-state index contributed by atoms with van der Waals surface area (Å²) in [6, 6.07) is 24.0. The minimum atomic E-state index is 0.116. The molecule has 0 spiro atoms. The van der Waals surface area contributed by atoms with Crippen LogP contribution in [0.25, 0.3) is 59.9 Å². The topological polar surface area (TPSA) is 41.9 Å². The number of aliphatic imine (C=N–C) groups is 1. The number of rotatable bonds is 0. The van der Waals surface area contributed by atoms with Gasteiger partial charge in [-0.25, -0.2) is 4.99 Å². The van der Waals surface area contributed by atoms with E-state index in [0.717, 1.165) is 39.3 Å². The third-order valence-corrected chi connectivity index (χ3v) is 7.51. The second-order valence-corrected chi connectivity index (χ2v) is 9.27. The van der Waals surface area contributed by atoms with E-state index in [0.29, 0.717) is 0 Å². The number of hydrogen-bond donors (Lipinski definition) is 1. The Kier molecular flexibility index (Phi) is 2.83. The van der Waals surface area contributed by atoms with E-state index in [-0.39, 0.29) is 6.04 Å². The molecule has 4 nitrogen and oxygen atoms in total. The average molecular weight is 435 g/mol. The third-order valence-electron chi connectivity index (χ3n) is 7.51. The molecule has 0 radical (unpaired) electrons. The zero-order valence-electron chi connectivity index (χ0n) is 18.0. The Morgan fingerprint density at radius 2 is 1.71 bits per heavy atom. The number of furan rings is 1. The SMILES string of the molecule is C1=CC2=Nc3c(c4cccc5c6cc7c(cc6n3c45)oc3ccc4ccccc4c37)NC2C=C1. The summed E-state index contributed by atoms with van der Waals surface area (Å²) in [4.78, 5) is 5.12. The van der Waals surface area contributed by atoms with Crippen molar-refractivity contribution in [1.82, 2.24) is 4.40 Å². The predicted molar refractivity (Wildman–Crippen MR) is 141 cm³/mol. The minimum absolute atomic E-state index is 0.116. The first-order valence-corrected chi connectivity index (χ1v) is 11.6. The maximum absolute atomic E-state index is 6.40. The van der Waals surface area contributed by atoms with Crippen molar-refractivity contribution in [2.45, 2.75) is 6.04 Å². The molecule has 1 aliphatic carbocycles. The highest BCUT2D eigenvalue weighted by Gasteiger charge is 2.28. The second-order valence-electron chi connectivity index (χ2n) is 9.27. The largest absolute Gasteiger partial charge is 0.456 e. The molecule has 0 bridgehead atoms. The van der Waals surface area contributed by atoms with E-state index >= 15 is 0 Å². The quantitative estimate of drug-likeness (QED) is 0.265. The van der Waals surface area contributed by atoms with Crippen LogP contribution in [-0.2, 0) is 0 Å². The Morgan fingerprint density at radius 1 is 0.794 bits per heavy atom. The lowest BCUT2D eigenvalue weighted by molar-refractivity contribution is 0.669. The molecular formula is C30H17N3O. The van der Waals surface area contributed by atoms with Gasteiger partial charge in [-0.05, 0) is 29.0 Å². The summed E-state index contributed by atoms with van der Waals surface area (Å²) in [5.74, 6) is 0.966. The highest BCUT2D eigenvalue weighted by atomic mass is 16.3. The fourth-order valence-electron chi connectivity index (χ4n) is 6.05. The molecule has 0 saturated carbocycles. The molecule has 4 heterocycles. The highest BCUT2D eigenvalue weighted by molar-refractivity contribution is 6.26. The molecule has 1 unspecified atom stereocenters. The number of aromatic nitrogens is 1. The smallest absolute Gasteiger partial charge is 0.162 e. The number of anilines is 1. The minimum Gasteiger partial charge on any atom is -0.456 e. The van der Waals surface area contributed by atoms with Crippen LogP contribution in [0.15, 0.2) is 100 Å². The van der Waals surface area contributed by atoms with Gasteiger partial charge in [0.15, 0.2) is 5.82 Å². The Bertz CT molecular complexity index is 2100. The van der Waals surface area contributed by atoms with Gasteiger partial charge in [0.05, 0.1) is 28.5 Å². The zero-order chi connectivity index (χ0) is 22.0. The second kappa shape index (κ2) is 5.67. The van der Waals surface area contributed by atoms with Crippen molar-refractivity contribution in [1.29, 1.82) is 0 Å². The monoisotopic (exact) mass is 435 g/mol. The number of allylic oxidation sites excluding steroid dienone is 2. The summed E-state index contributed by atoms with van der Waals surface area (Å²) >= 11 is 0. The number of benzene rings is 4. The van der Waals surface area contributed by atoms with Gasteiger partial charge in [0.2, 0.25) is 0 Å². The van der Waals surface area contributed by atoms with Gasteiger partial charge in [0.25, 0.3) is 0 Å². The number of nitrogens with one attached hydrogen (secondary N) is 1. The molecule has 1 aliphatic heterocycles. The first-order chi connectivity index (χ1) is 16.8. The summed E-state index contributed by atoms with van der Waals surface area (Å²) in [5.41, 5.74) is 6.32. The Hall–Kier alpha value is -4.57. The van der Waals surface area contributed by atoms with Gasteiger partial charge in [-0.2, -0.15) is 0 Å². The number of hydrogen-bond acceptors (Lipinski definition) is 3. The number of nitrogens with zero attached hydrogens (tertiary/aromatic N) is 2. The van der Waals surface area contributed by atoms with Crippen molar-refractivity contribution in [3.8, 4) is 0 Å². The van der Waals surface area contributed by atoms with Crippen molar-refractivity contribution >= 4 is 77.1 Å². The van der Waals surface area contributed by atoms with Gasteiger partial charge in [-0.15, -0.1) is 0 Å². The van der Waals surface area contributed by atoms with Gasteiger partial charge in [-0.1, -0.05) is 66.8 Å². The van der Waals surface area contributed by atoms with Crippen LogP contribution in [0.2, 0.25) is 0 Å². The van der Waals surface area contributed by atoms with Gasteiger partial charge >= 0.3 is 0 Å². The van der Waals surface area contributed by atoms with Crippen molar-refractivity contribution in [2.75, 3.05) is 5.32 Å². The third kappa shape index (κ3) is 1.90. The molecule has 1 N–H and O–H groups in total. The van der Waals surface area contributed by atoms with Crippen LogP contribution >= 0.6 is 0 Å². The molecule has 9 rings (SSSR count). The molecule has 4 aromatic carbocycles. The van der Waals surface area contributed by atoms with Crippen molar-refractivity contribution < 1.29 is 4.42 Å². The summed E-state index contributed by atoms with van der Waals surface area (Å²) in [5, 5.41) is 12.2. The number of fused-ring (bicyclic) bond motifs is 12. The van der Waals surface area contributed by atoms with E-state index in [9.17, 15) is 0 Å². The van der Waals surface area contributed by atoms with Gasteiger partial charge in [0.1, 0.15) is 11.2 Å². The van der Waals surface area contributed by atoms with Gasteiger partial charge in [0, 0.05) is 33.0 Å². The van der Waals surface area contributed by atoms with E-state index in [1.165, 1.54) is 37.8 Å². The first kappa shape index (κ1) is 17.0. The summed E-state index contributed by atoms with van der Waals surface area (Å²) < 4.78 is 8.71. The Morgan fingerprint density at radius 3 is 2.71 bits per heavy atom. The van der Waals surface area contributed by atoms with E-state index < -0.39 is 0 Å². The molecule has 3 aromatic heterocycles. The van der Waals surface area contributed by atoms with E-state index in [1.54, 1.807) is 0 Å². The summed E-state index contributed by atoms with van der Waals surface area (Å²) in [7, 11) is 0. The summed E-state index contributed by atoms with van der Waals surface area (Å²) in [6.07, 6.45) is 8.39. The maximum atomic E-state index is 6.40. The maximum Gasteiger partial charge on any atom is 0.162 e. The molecular weight excluding hydrogens is 418 g/mol. The van der Waals surface area contributed by atoms with Gasteiger partial charge < -0.3 is 9.73 Å². The van der Waals surface area contributed by atoms with Crippen LogP contribution in [0, 0.1) is 0 Å². The van der Waals surface area contributed by atoms with Crippen molar-refractivity contribution in [2.24, 2.45) is 4.99 Å². The van der Waals surface area contributed by atoms with Crippen LogP contribution in [0.1, 0.15) is 0 Å². The molecule has 34 heavy (non-hydrogen) atoms. The molecule has 2 aliphatic rings. The molecule has 7 aromatic rings. The van der Waals surface area contributed by atoms with E-state index in [1.807, 2.05) is 0 Å². The van der Waals surface area contributed by atoms with Crippen LogP contribution in [0.3, 0.4) is 0 Å². The van der Waals surface area contributed by atoms with Crippen molar-refractivity contribution in [3.63, 3.8) is 0 Å². The molecule has 4 heteroatoms. The molecule has 158 valence electrons.